The molecule has 2 amide bonds. The van der Waals surface area contributed by atoms with Gasteiger partial charge in [-0.25, -0.2) is 0 Å². The Morgan fingerprint density at radius 3 is 2.62 bits per heavy atom. The summed E-state index contributed by atoms with van der Waals surface area (Å²) in [4.78, 5) is 32.0. The van der Waals surface area contributed by atoms with Crippen LogP contribution in [0.1, 0.15) is 89.0 Å². The fraction of sp³-hybridized carbons (Fsp3) is 0.704. The van der Waals surface area contributed by atoms with Crippen molar-refractivity contribution >= 4 is 33.4 Å². The second-order valence-corrected chi connectivity index (χ2v) is 11.3. The monoisotopic (exact) mass is 486 g/mol. The molecule has 6 nitrogen and oxygen atoms in total. The van der Waals surface area contributed by atoms with Gasteiger partial charge in [0.05, 0.1) is 16.8 Å². The van der Waals surface area contributed by atoms with Gasteiger partial charge in [0.15, 0.2) is 0 Å². The number of fused-ring (bicyclic) bond motifs is 3. The van der Waals surface area contributed by atoms with Crippen LogP contribution in [-0.4, -0.2) is 63.9 Å². The third-order valence-corrected chi connectivity index (χ3v) is 8.75. The molecule has 2 aliphatic rings. The molecule has 1 atom stereocenters. The van der Waals surface area contributed by atoms with Crippen molar-refractivity contribution in [3.63, 3.8) is 0 Å². The van der Waals surface area contributed by atoms with Crippen molar-refractivity contribution in [2.75, 3.05) is 26.2 Å². The zero-order valence-corrected chi connectivity index (χ0v) is 22.1. The summed E-state index contributed by atoms with van der Waals surface area (Å²) in [6, 6.07) is 4.30. The van der Waals surface area contributed by atoms with Crippen LogP contribution >= 0.6 is 11.3 Å². The van der Waals surface area contributed by atoms with Gasteiger partial charge >= 0.3 is 0 Å². The molecule has 0 saturated heterocycles. The van der Waals surface area contributed by atoms with Crippen molar-refractivity contribution in [2.24, 2.45) is 0 Å². The van der Waals surface area contributed by atoms with E-state index in [0.717, 1.165) is 61.2 Å². The first-order chi connectivity index (χ1) is 16.5. The van der Waals surface area contributed by atoms with E-state index in [1.807, 2.05) is 17.9 Å². The maximum Gasteiger partial charge on any atom is 0.271 e. The highest BCUT2D eigenvalue weighted by atomic mass is 32.1. The molecule has 188 valence electrons. The Balaban J connectivity index is 1.59. The van der Waals surface area contributed by atoms with E-state index < -0.39 is 5.54 Å². The molecule has 34 heavy (non-hydrogen) atoms. The Morgan fingerprint density at radius 1 is 1.18 bits per heavy atom. The zero-order chi connectivity index (χ0) is 24.1. The molecule has 3 heterocycles. The molecule has 1 saturated carbocycles. The van der Waals surface area contributed by atoms with Gasteiger partial charge in [-0.2, -0.15) is 0 Å². The predicted octanol–water partition coefficient (Wildman–Crippen LogP) is 5.27. The van der Waals surface area contributed by atoms with Crippen LogP contribution in [0.5, 0.6) is 0 Å². The molecule has 0 bridgehead atoms. The first-order valence-electron chi connectivity index (χ1n) is 13.4. The minimum Gasteiger partial charge on any atom is -0.351 e. The van der Waals surface area contributed by atoms with Crippen molar-refractivity contribution in [3.8, 4) is 0 Å². The number of thiophene rings is 1. The van der Waals surface area contributed by atoms with E-state index in [2.05, 4.69) is 40.1 Å². The molecule has 1 aliphatic heterocycles. The van der Waals surface area contributed by atoms with Crippen molar-refractivity contribution in [3.05, 3.63) is 23.2 Å². The molecule has 1 aliphatic carbocycles. The molecular formula is C27H42N4O2S. The van der Waals surface area contributed by atoms with Crippen molar-refractivity contribution < 1.29 is 9.59 Å². The standard InChI is InChI=1S/C27H42N4O2S/c1-4-6-15-29(5-2)16-17-31-25(32)23-19-24-22(14-18-34-24)30(23)20-27(31,3)26(33)28-21-12-10-8-7-9-11-13-21/h14,18-19,21H,4-13,15-17,20H2,1-3H3,(H,28,33)/t27-/m0/s1. The van der Waals surface area contributed by atoms with Gasteiger partial charge < -0.3 is 19.7 Å². The maximum absolute atomic E-state index is 13.9. The second-order valence-electron chi connectivity index (χ2n) is 10.3. The minimum absolute atomic E-state index is 0.00533. The Kier molecular flexibility index (Phi) is 8.35. The normalized spacial score (nSPS) is 22.1. The van der Waals surface area contributed by atoms with E-state index in [1.54, 1.807) is 11.3 Å². The van der Waals surface area contributed by atoms with Gasteiger partial charge in [0.2, 0.25) is 5.91 Å². The molecular weight excluding hydrogens is 444 g/mol. The van der Waals surface area contributed by atoms with E-state index in [0.29, 0.717) is 13.1 Å². The van der Waals surface area contributed by atoms with E-state index in [9.17, 15) is 9.59 Å². The highest BCUT2D eigenvalue weighted by Gasteiger charge is 2.48. The van der Waals surface area contributed by atoms with Gasteiger partial charge in [-0.3, -0.25) is 9.59 Å². The minimum atomic E-state index is -0.898. The molecule has 0 unspecified atom stereocenters. The third-order valence-electron chi connectivity index (χ3n) is 7.89. The summed E-state index contributed by atoms with van der Waals surface area (Å²) >= 11 is 1.66. The smallest absolute Gasteiger partial charge is 0.271 e. The Labute approximate surface area is 208 Å². The zero-order valence-electron chi connectivity index (χ0n) is 21.3. The third kappa shape index (κ3) is 5.20. The van der Waals surface area contributed by atoms with Crippen LogP contribution in [-0.2, 0) is 11.3 Å². The summed E-state index contributed by atoms with van der Waals surface area (Å²) in [6.45, 7) is 10.2. The van der Waals surface area contributed by atoms with E-state index in [4.69, 9.17) is 0 Å². The van der Waals surface area contributed by atoms with Crippen LogP contribution in [0.3, 0.4) is 0 Å². The van der Waals surface area contributed by atoms with Crippen molar-refractivity contribution in [2.45, 2.75) is 96.7 Å². The summed E-state index contributed by atoms with van der Waals surface area (Å²) in [5.41, 5.74) is 0.885. The summed E-state index contributed by atoms with van der Waals surface area (Å²) < 4.78 is 3.20. The van der Waals surface area contributed by atoms with E-state index in [-0.39, 0.29) is 17.9 Å². The summed E-state index contributed by atoms with van der Waals surface area (Å²) in [6.07, 6.45) is 10.5. The summed E-state index contributed by atoms with van der Waals surface area (Å²) in [7, 11) is 0. The lowest BCUT2D eigenvalue weighted by molar-refractivity contribution is -0.133. The van der Waals surface area contributed by atoms with Gasteiger partial charge in [-0.15, -0.1) is 11.3 Å². The Morgan fingerprint density at radius 2 is 1.91 bits per heavy atom. The predicted molar refractivity (Wildman–Crippen MR) is 141 cm³/mol. The topological polar surface area (TPSA) is 57.6 Å². The molecule has 2 aromatic rings. The first kappa shape index (κ1) is 25.2. The second kappa shape index (κ2) is 11.3. The Bertz CT molecular complexity index is 975. The average molecular weight is 487 g/mol. The van der Waals surface area contributed by atoms with Crippen molar-refractivity contribution in [1.29, 1.82) is 0 Å². The van der Waals surface area contributed by atoms with Crippen LogP contribution in [0.4, 0.5) is 0 Å². The lowest BCUT2D eigenvalue weighted by Crippen LogP contribution is -2.65. The van der Waals surface area contributed by atoms with Crippen LogP contribution in [0.2, 0.25) is 0 Å². The van der Waals surface area contributed by atoms with Gasteiger partial charge in [0.1, 0.15) is 11.2 Å². The number of carbonyl (C=O) groups excluding carboxylic acids is 2. The lowest BCUT2D eigenvalue weighted by Gasteiger charge is -2.45. The van der Waals surface area contributed by atoms with Gasteiger partial charge in [0.25, 0.3) is 5.91 Å². The van der Waals surface area contributed by atoms with Crippen LogP contribution in [0.25, 0.3) is 10.2 Å². The molecule has 0 radical (unpaired) electrons. The molecule has 4 rings (SSSR count). The number of hydrogen-bond acceptors (Lipinski definition) is 4. The van der Waals surface area contributed by atoms with E-state index >= 15 is 0 Å². The number of aromatic nitrogens is 1. The number of likely N-dealkylation sites (N-methyl/N-ethyl adjacent to an activating group) is 1. The number of nitrogens with one attached hydrogen (secondary N) is 1. The quantitative estimate of drug-likeness (QED) is 0.525. The van der Waals surface area contributed by atoms with Crippen molar-refractivity contribution in [1.82, 2.24) is 19.7 Å². The summed E-state index contributed by atoms with van der Waals surface area (Å²) in [5.74, 6) is -0.0118. The first-order valence-corrected chi connectivity index (χ1v) is 14.3. The fourth-order valence-electron chi connectivity index (χ4n) is 5.62. The molecule has 7 heteroatoms. The molecule has 2 aromatic heterocycles. The number of amides is 2. The van der Waals surface area contributed by atoms with Crippen LogP contribution in [0.15, 0.2) is 17.5 Å². The Hall–Kier alpha value is -1.86. The van der Waals surface area contributed by atoms with Crippen LogP contribution in [0, 0.1) is 0 Å². The number of hydrogen-bond donors (Lipinski definition) is 1. The maximum atomic E-state index is 13.9. The van der Waals surface area contributed by atoms with E-state index in [1.165, 1.54) is 32.1 Å². The number of unbranched alkanes of at least 4 members (excludes halogenated alkanes) is 1. The molecule has 1 fully saturated rings. The summed E-state index contributed by atoms with van der Waals surface area (Å²) in [5, 5.41) is 5.45. The number of nitrogens with zero attached hydrogens (tertiary/aromatic N) is 3. The molecule has 0 aromatic carbocycles. The molecule has 1 N–H and O–H groups in total. The lowest BCUT2D eigenvalue weighted by atomic mass is 9.92. The highest BCUT2D eigenvalue weighted by Crippen LogP contribution is 2.34. The largest absolute Gasteiger partial charge is 0.351 e. The van der Waals surface area contributed by atoms with Gasteiger partial charge in [0, 0.05) is 19.1 Å². The number of carbonyl (C=O) groups is 2. The SMILES string of the molecule is CCCCN(CC)CCN1C(=O)c2cc3sccc3n2C[C@@]1(C)C(=O)NC1CCCCCCC1. The molecule has 0 spiro atoms. The fourth-order valence-corrected chi connectivity index (χ4v) is 6.44. The van der Waals surface area contributed by atoms with Gasteiger partial charge in [-0.05, 0) is 56.8 Å². The average Bonchev–Trinajstić information content (AvgIpc) is 3.39. The highest BCUT2D eigenvalue weighted by molar-refractivity contribution is 7.17. The van der Waals surface area contributed by atoms with Gasteiger partial charge in [-0.1, -0.05) is 52.4 Å². The van der Waals surface area contributed by atoms with Crippen LogP contribution < -0.4 is 5.32 Å². The number of rotatable bonds is 9.